The van der Waals surface area contributed by atoms with Crippen LogP contribution in [0.25, 0.3) is 0 Å². The number of carbonyl (C=O) groups excluding carboxylic acids is 2. The Morgan fingerprint density at radius 3 is 1.74 bits per heavy atom. The zero-order valence-electron chi connectivity index (χ0n) is 10.7. The van der Waals surface area contributed by atoms with Gasteiger partial charge >= 0.3 is 11.9 Å². The zero-order valence-corrected chi connectivity index (χ0v) is 10.7. The van der Waals surface area contributed by atoms with Crippen LogP contribution in [0.2, 0.25) is 0 Å². The van der Waals surface area contributed by atoms with Crippen molar-refractivity contribution in [1.29, 1.82) is 0 Å². The van der Waals surface area contributed by atoms with E-state index in [1.54, 1.807) is 0 Å². The molecule has 0 heterocycles. The van der Waals surface area contributed by atoms with Crippen LogP contribution in [0.1, 0.15) is 0 Å². The second-order valence-corrected chi connectivity index (χ2v) is 3.47. The van der Waals surface area contributed by atoms with E-state index in [9.17, 15) is 9.59 Å². The van der Waals surface area contributed by atoms with Crippen LogP contribution < -0.4 is 15.2 Å². The van der Waals surface area contributed by atoms with Crippen LogP contribution in [-0.4, -0.2) is 39.4 Å². The molecule has 0 aromatic heterocycles. The van der Waals surface area contributed by atoms with Crippen molar-refractivity contribution in [2.45, 2.75) is 0 Å². The Morgan fingerprint density at radius 2 is 1.37 bits per heavy atom. The highest BCUT2D eigenvalue weighted by Crippen LogP contribution is 2.24. The summed E-state index contributed by atoms with van der Waals surface area (Å²) in [7, 11) is 2.52. The maximum Gasteiger partial charge on any atom is 0.343 e. The Labute approximate surface area is 110 Å². The summed E-state index contributed by atoms with van der Waals surface area (Å²) in [5.74, 6) is -0.352. The van der Waals surface area contributed by atoms with Gasteiger partial charge in [-0.1, -0.05) is 0 Å². The molecular weight excluding hydrogens is 254 g/mol. The molecule has 0 aliphatic rings. The number of anilines is 1. The van der Waals surface area contributed by atoms with E-state index in [0.717, 1.165) is 0 Å². The van der Waals surface area contributed by atoms with Gasteiger partial charge in [-0.2, -0.15) is 0 Å². The fourth-order valence-electron chi connectivity index (χ4n) is 1.16. The van der Waals surface area contributed by atoms with Gasteiger partial charge in [-0.25, -0.2) is 9.59 Å². The molecule has 0 radical (unpaired) electrons. The number of carbonyl (C=O) groups is 2. The molecule has 0 aliphatic heterocycles. The van der Waals surface area contributed by atoms with E-state index >= 15 is 0 Å². The average Bonchev–Trinajstić information content (AvgIpc) is 2.41. The van der Waals surface area contributed by atoms with Gasteiger partial charge in [0.05, 0.1) is 14.2 Å². The van der Waals surface area contributed by atoms with Crippen LogP contribution in [0.15, 0.2) is 18.2 Å². The number of ether oxygens (including phenoxy) is 4. The quantitative estimate of drug-likeness (QED) is 0.588. The summed E-state index contributed by atoms with van der Waals surface area (Å²) in [6.45, 7) is -0.479. The molecule has 1 rings (SSSR count). The summed E-state index contributed by atoms with van der Waals surface area (Å²) in [5, 5.41) is 0. The van der Waals surface area contributed by atoms with Crippen LogP contribution in [0.5, 0.6) is 11.5 Å². The van der Waals surface area contributed by atoms with Crippen molar-refractivity contribution in [3.63, 3.8) is 0 Å². The molecular formula is C12H15NO6. The lowest BCUT2D eigenvalue weighted by Gasteiger charge is -2.09. The number of benzene rings is 1. The molecule has 1 aromatic rings. The second-order valence-electron chi connectivity index (χ2n) is 3.47. The van der Waals surface area contributed by atoms with E-state index in [1.807, 2.05) is 0 Å². The van der Waals surface area contributed by atoms with Crippen molar-refractivity contribution in [2.24, 2.45) is 0 Å². The Bertz CT molecular complexity index is 421. The fraction of sp³-hybridized carbons (Fsp3) is 0.333. The molecule has 0 bridgehead atoms. The number of nitrogen functional groups attached to an aromatic ring is 1. The van der Waals surface area contributed by atoms with Gasteiger partial charge in [0.2, 0.25) is 0 Å². The third kappa shape index (κ3) is 5.15. The minimum Gasteiger partial charge on any atom is -0.482 e. The van der Waals surface area contributed by atoms with Crippen LogP contribution in [0.4, 0.5) is 5.69 Å². The van der Waals surface area contributed by atoms with E-state index in [4.69, 9.17) is 15.2 Å². The number of hydrogen-bond donors (Lipinski definition) is 1. The summed E-state index contributed by atoms with van der Waals surface area (Å²) in [4.78, 5) is 21.9. The average molecular weight is 269 g/mol. The van der Waals surface area contributed by atoms with Crippen molar-refractivity contribution < 1.29 is 28.5 Å². The van der Waals surface area contributed by atoms with Gasteiger partial charge in [-0.05, 0) is 0 Å². The van der Waals surface area contributed by atoms with Crippen LogP contribution >= 0.6 is 0 Å². The van der Waals surface area contributed by atoms with E-state index in [0.29, 0.717) is 17.2 Å². The Kier molecular flexibility index (Phi) is 5.46. The SMILES string of the molecule is COC(=O)COc1cc(N)cc(OCC(=O)OC)c1. The highest BCUT2D eigenvalue weighted by Gasteiger charge is 2.07. The highest BCUT2D eigenvalue weighted by molar-refractivity contribution is 5.71. The first-order valence-corrected chi connectivity index (χ1v) is 5.35. The van der Waals surface area contributed by atoms with Gasteiger partial charge in [0.15, 0.2) is 13.2 Å². The summed E-state index contributed by atoms with van der Waals surface area (Å²) < 4.78 is 19.2. The number of nitrogens with two attached hydrogens (primary N) is 1. The lowest BCUT2D eigenvalue weighted by atomic mass is 10.3. The Morgan fingerprint density at radius 1 is 0.947 bits per heavy atom. The van der Waals surface area contributed by atoms with Crippen molar-refractivity contribution in [3.8, 4) is 11.5 Å². The topological polar surface area (TPSA) is 97.1 Å². The number of rotatable bonds is 6. The molecule has 0 saturated carbocycles. The van der Waals surface area contributed by atoms with Crippen molar-refractivity contribution in [2.75, 3.05) is 33.2 Å². The normalized spacial score (nSPS) is 9.58. The smallest absolute Gasteiger partial charge is 0.343 e. The van der Waals surface area contributed by atoms with Gasteiger partial charge in [0.25, 0.3) is 0 Å². The number of hydrogen-bond acceptors (Lipinski definition) is 7. The van der Waals surface area contributed by atoms with Gasteiger partial charge < -0.3 is 24.7 Å². The van der Waals surface area contributed by atoms with Crippen LogP contribution in [0, 0.1) is 0 Å². The van der Waals surface area contributed by atoms with Gasteiger partial charge in [-0.3, -0.25) is 0 Å². The van der Waals surface area contributed by atoms with E-state index in [-0.39, 0.29) is 13.2 Å². The largest absolute Gasteiger partial charge is 0.482 e. The molecule has 0 amide bonds. The zero-order chi connectivity index (χ0) is 14.3. The van der Waals surface area contributed by atoms with Gasteiger partial charge in [-0.15, -0.1) is 0 Å². The standard InChI is InChI=1S/C12H15NO6/c1-16-11(14)6-18-9-3-8(13)4-10(5-9)19-7-12(15)17-2/h3-5H,6-7,13H2,1-2H3. The Balaban J connectivity index is 2.65. The molecule has 0 fully saturated rings. The second kappa shape index (κ2) is 7.10. The summed E-state index contributed by atoms with van der Waals surface area (Å²) in [6, 6.07) is 4.55. The minimum absolute atomic E-state index is 0.240. The van der Waals surface area contributed by atoms with E-state index < -0.39 is 11.9 Å². The van der Waals surface area contributed by atoms with E-state index in [1.165, 1.54) is 32.4 Å². The molecule has 0 unspecified atom stereocenters. The predicted octanol–water partition coefficient (Wildman–Crippen LogP) is 0.372. The molecule has 2 N–H and O–H groups in total. The van der Waals surface area contributed by atoms with E-state index in [2.05, 4.69) is 9.47 Å². The van der Waals surface area contributed by atoms with Crippen LogP contribution in [0.3, 0.4) is 0 Å². The van der Waals surface area contributed by atoms with Gasteiger partial charge in [0, 0.05) is 23.9 Å². The molecule has 104 valence electrons. The summed E-state index contributed by atoms with van der Waals surface area (Å²) in [5.41, 5.74) is 6.02. The van der Waals surface area contributed by atoms with Gasteiger partial charge in [0.1, 0.15) is 11.5 Å². The maximum atomic E-state index is 10.9. The molecule has 0 spiro atoms. The Hall–Kier alpha value is -2.44. The number of esters is 2. The van der Waals surface area contributed by atoms with Crippen LogP contribution in [-0.2, 0) is 19.1 Å². The monoisotopic (exact) mass is 269 g/mol. The fourth-order valence-corrected chi connectivity index (χ4v) is 1.16. The first-order chi connectivity index (χ1) is 9.05. The molecule has 19 heavy (non-hydrogen) atoms. The molecule has 7 heteroatoms. The molecule has 0 saturated heterocycles. The molecule has 1 aromatic carbocycles. The first-order valence-electron chi connectivity index (χ1n) is 5.35. The van der Waals surface area contributed by atoms with Crippen molar-refractivity contribution in [1.82, 2.24) is 0 Å². The lowest BCUT2D eigenvalue weighted by Crippen LogP contribution is -2.14. The maximum absolute atomic E-state index is 10.9. The first kappa shape index (κ1) is 14.6. The third-order valence-electron chi connectivity index (χ3n) is 2.07. The minimum atomic E-state index is -0.514. The molecule has 0 aliphatic carbocycles. The van der Waals surface area contributed by atoms with Crippen molar-refractivity contribution >= 4 is 17.6 Å². The third-order valence-corrected chi connectivity index (χ3v) is 2.07. The molecule has 0 atom stereocenters. The predicted molar refractivity (Wildman–Crippen MR) is 65.9 cm³/mol. The number of methoxy groups -OCH3 is 2. The summed E-state index contributed by atoms with van der Waals surface area (Å²) in [6.07, 6.45) is 0. The lowest BCUT2D eigenvalue weighted by molar-refractivity contribution is -0.143. The highest BCUT2D eigenvalue weighted by atomic mass is 16.6. The molecule has 7 nitrogen and oxygen atoms in total. The van der Waals surface area contributed by atoms with Crippen molar-refractivity contribution in [3.05, 3.63) is 18.2 Å². The summed E-state index contributed by atoms with van der Waals surface area (Å²) >= 11 is 0.